The summed E-state index contributed by atoms with van der Waals surface area (Å²) in [7, 11) is 0. The first-order valence-corrected chi connectivity index (χ1v) is 7.68. The summed E-state index contributed by atoms with van der Waals surface area (Å²) in [5, 5.41) is 0. The van der Waals surface area contributed by atoms with Crippen molar-refractivity contribution in [1.29, 1.82) is 0 Å². The van der Waals surface area contributed by atoms with E-state index in [1.165, 1.54) is 25.7 Å². The van der Waals surface area contributed by atoms with Gasteiger partial charge in [0, 0.05) is 13.0 Å². The molecule has 0 aromatic carbocycles. The van der Waals surface area contributed by atoms with Crippen molar-refractivity contribution in [2.75, 3.05) is 13.2 Å². The van der Waals surface area contributed by atoms with Gasteiger partial charge in [-0.2, -0.15) is 0 Å². The smallest absolute Gasteiger partial charge is 0.328 e. The van der Waals surface area contributed by atoms with Crippen LogP contribution in [-0.4, -0.2) is 36.0 Å². The van der Waals surface area contributed by atoms with Crippen LogP contribution in [0.2, 0.25) is 0 Å². The van der Waals surface area contributed by atoms with Crippen LogP contribution in [0.4, 0.5) is 0 Å². The third kappa shape index (κ3) is 3.71. The Balaban J connectivity index is 1.93. The quantitative estimate of drug-likeness (QED) is 0.735. The van der Waals surface area contributed by atoms with Crippen molar-refractivity contribution in [1.82, 2.24) is 4.90 Å². The van der Waals surface area contributed by atoms with E-state index in [0.717, 1.165) is 25.8 Å². The normalized spacial score (nSPS) is 24.5. The van der Waals surface area contributed by atoms with Crippen LogP contribution < -0.4 is 0 Å². The van der Waals surface area contributed by atoms with E-state index in [1.807, 2.05) is 6.92 Å². The van der Waals surface area contributed by atoms with Crippen molar-refractivity contribution in [3.8, 4) is 0 Å². The zero-order valence-corrected chi connectivity index (χ0v) is 11.9. The number of carbonyl (C=O) groups is 2. The van der Waals surface area contributed by atoms with Gasteiger partial charge in [-0.05, 0) is 44.9 Å². The van der Waals surface area contributed by atoms with Crippen LogP contribution in [0.5, 0.6) is 0 Å². The summed E-state index contributed by atoms with van der Waals surface area (Å²) < 4.78 is 5.10. The predicted octanol–water partition coefficient (Wildman–Crippen LogP) is 2.51. The minimum absolute atomic E-state index is 0.157. The maximum Gasteiger partial charge on any atom is 0.328 e. The number of hydrogen-bond acceptors (Lipinski definition) is 3. The lowest BCUT2D eigenvalue weighted by molar-refractivity contribution is -0.157. The average Bonchev–Trinajstić information content (AvgIpc) is 2.92. The average molecular weight is 267 g/mol. The Kier molecular flexibility index (Phi) is 5.23. The third-order valence-electron chi connectivity index (χ3n) is 4.32. The van der Waals surface area contributed by atoms with E-state index in [2.05, 4.69) is 0 Å². The van der Waals surface area contributed by atoms with Gasteiger partial charge in [-0.1, -0.05) is 12.8 Å². The van der Waals surface area contributed by atoms with Crippen LogP contribution in [-0.2, 0) is 14.3 Å². The molecule has 1 amide bonds. The first kappa shape index (κ1) is 14.4. The molecule has 19 heavy (non-hydrogen) atoms. The fourth-order valence-corrected chi connectivity index (χ4v) is 3.29. The monoisotopic (exact) mass is 267 g/mol. The molecule has 4 heteroatoms. The van der Waals surface area contributed by atoms with E-state index in [-0.39, 0.29) is 17.9 Å². The topological polar surface area (TPSA) is 46.6 Å². The number of piperidine rings is 1. The molecule has 1 saturated heterocycles. The summed E-state index contributed by atoms with van der Waals surface area (Å²) in [4.78, 5) is 26.1. The number of carbonyl (C=O) groups excluding carboxylic acids is 2. The summed E-state index contributed by atoms with van der Waals surface area (Å²) in [6.45, 7) is 2.92. The molecule has 2 aliphatic rings. The van der Waals surface area contributed by atoms with Crippen LogP contribution in [0.1, 0.15) is 58.3 Å². The minimum Gasteiger partial charge on any atom is -0.464 e. The second-order valence-electron chi connectivity index (χ2n) is 5.71. The first-order chi connectivity index (χ1) is 9.22. The number of nitrogens with zero attached hydrogens (tertiary/aromatic N) is 1. The highest BCUT2D eigenvalue weighted by atomic mass is 16.5. The second kappa shape index (κ2) is 6.92. The molecule has 1 aliphatic heterocycles. The zero-order chi connectivity index (χ0) is 13.7. The molecule has 0 bridgehead atoms. The minimum atomic E-state index is -0.331. The Morgan fingerprint density at radius 1 is 1.11 bits per heavy atom. The van der Waals surface area contributed by atoms with Gasteiger partial charge >= 0.3 is 5.97 Å². The molecule has 0 aromatic rings. The molecule has 0 radical (unpaired) electrons. The summed E-state index contributed by atoms with van der Waals surface area (Å²) in [6, 6.07) is -0.331. The number of amides is 1. The molecule has 2 rings (SSSR count). The molecule has 1 heterocycles. The van der Waals surface area contributed by atoms with Crippen LogP contribution >= 0.6 is 0 Å². The molecule has 108 valence electrons. The van der Waals surface area contributed by atoms with Gasteiger partial charge in [0.1, 0.15) is 6.04 Å². The molecule has 1 saturated carbocycles. The summed E-state index contributed by atoms with van der Waals surface area (Å²) >= 11 is 0. The molecule has 0 N–H and O–H groups in total. The van der Waals surface area contributed by atoms with E-state index in [9.17, 15) is 9.59 Å². The highest BCUT2D eigenvalue weighted by Crippen LogP contribution is 2.29. The summed E-state index contributed by atoms with van der Waals surface area (Å²) in [6.07, 6.45) is 8.24. The molecule has 2 fully saturated rings. The molecule has 1 aliphatic carbocycles. The molecule has 0 spiro atoms. The molecular weight excluding hydrogens is 242 g/mol. The van der Waals surface area contributed by atoms with Crippen molar-refractivity contribution in [3.63, 3.8) is 0 Å². The lowest BCUT2D eigenvalue weighted by Crippen LogP contribution is -2.49. The highest BCUT2D eigenvalue weighted by molar-refractivity contribution is 5.84. The maximum absolute atomic E-state index is 12.4. The molecular formula is C15H25NO3. The van der Waals surface area contributed by atoms with Crippen molar-refractivity contribution in [2.45, 2.75) is 64.3 Å². The summed E-state index contributed by atoms with van der Waals surface area (Å²) in [5.41, 5.74) is 0. The van der Waals surface area contributed by atoms with Crippen LogP contribution in [0, 0.1) is 5.92 Å². The standard InChI is InChI=1S/C15H25NO3/c1-2-19-15(18)13-9-5-6-10-16(13)14(17)11-12-7-3-4-8-12/h12-13H,2-11H2,1H3. The van der Waals surface area contributed by atoms with E-state index in [1.54, 1.807) is 4.90 Å². The lowest BCUT2D eigenvalue weighted by Gasteiger charge is -2.34. The van der Waals surface area contributed by atoms with Crippen molar-refractivity contribution in [3.05, 3.63) is 0 Å². The third-order valence-corrected chi connectivity index (χ3v) is 4.32. The fourth-order valence-electron chi connectivity index (χ4n) is 3.29. The lowest BCUT2D eigenvalue weighted by atomic mass is 9.98. The van der Waals surface area contributed by atoms with Crippen molar-refractivity contribution >= 4 is 11.9 Å². The SMILES string of the molecule is CCOC(=O)C1CCCCN1C(=O)CC1CCCC1. The van der Waals surface area contributed by atoms with Gasteiger partial charge in [0.25, 0.3) is 0 Å². The van der Waals surface area contributed by atoms with E-state index in [4.69, 9.17) is 4.74 Å². The van der Waals surface area contributed by atoms with E-state index >= 15 is 0 Å². The number of likely N-dealkylation sites (tertiary alicyclic amines) is 1. The van der Waals surface area contributed by atoms with Gasteiger partial charge in [-0.15, -0.1) is 0 Å². The Hall–Kier alpha value is -1.06. The largest absolute Gasteiger partial charge is 0.464 e. The van der Waals surface area contributed by atoms with Gasteiger partial charge in [0.2, 0.25) is 5.91 Å². The Morgan fingerprint density at radius 3 is 2.47 bits per heavy atom. The molecule has 4 nitrogen and oxygen atoms in total. The van der Waals surface area contributed by atoms with Gasteiger partial charge in [0.05, 0.1) is 6.61 Å². The van der Waals surface area contributed by atoms with Crippen LogP contribution in [0.15, 0.2) is 0 Å². The van der Waals surface area contributed by atoms with Gasteiger partial charge in [-0.25, -0.2) is 4.79 Å². The van der Waals surface area contributed by atoms with Gasteiger partial charge < -0.3 is 9.64 Å². The zero-order valence-electron chi connectivity index (χ0n) is 11.9. The first-order valence-electron chi connectivity index (χ1n) is 7.68. The van der Waals surface area contributed by atoms with Gasteiger partial charge in [0.15, 0.2) is 0 Å². The number of ether oxygens (including phenoxy) is 1. The van der Waals surface area contributed by atoms with Crippen molar-refractivity contribution < 1.29 is 14.3 Å². The Bertz CT molecular complexity index is 323. The molecule has 1 atom stereocenters. The molecule has 1 unspecified atom stereocenters. The summed E-state index contributed by atoms with van der Waals surface area (Å²) in [5.74, 6) is 0.476. The highest BCUT2D eigenvalue weighted by Gasteiger charge is 2.34. The number of rotatable bonds is 4. The maximum atomic E-state index is 12.4. The second-order valence-corrected chi connectivity index (χ2v) is 5.71. The van der Waals surface area contributed by atoms with Crippen LogP contribution in [0.25, 0.3) is 0 Å². The Morgan fingerprint density at radius 2 is 1.79 bits per heavy atom. The number of esters is 1. The predicted molar refractivity (Wildman–Crippen MR) is 72.6 cm³/mol. The van der Waals surface area contributed by atoms with Crippen molar-refractivity contribution in [2.24, 2.45) is 5.92 Å². The molecule has 0 aromatic heterocycles. The van der Waals surface area contributed by atoms with Crippen LogP contribution in [0.3, 0.4) is 0 Å². The fraction of sp³-hybridized carbons (Fsp3) is 0.867. The van der Waals surface area contributed by atoms with E-state index in [0.29, 0.717) is 18.9 Å². The number of hydrogen-bond donors (Lipinski definition) is 0. The van der Waals surface area contributed by atoms with Gasteiger partial charge in [-0.3, -0.25) is 4.79 Å². The van der Waals surface area contributed by atoms with E-state index < -0.39 is 0 Å². The Labute approximate surface area is 115 Å².